The van der Waals surface area contributed by atoms with Gasteiger partial charge in [-0.2, -0.15) is 0 Å². The van der Waals surface area contributed by atoms with Crippen molar-refractivity contribution >= 4 is 21.2 Å². The van der Waals surface area contributed by atoms with Crippen molar-refractivity contribution in [3.63, 3.8) is 0 Å². The van der Waals surface area contributed by atoms with Gasteiger partial charge in [-0.25, -0.2) is 8.42 Å². The fourth-order valence-electron chi connectivity index (χ4n) is 1.72. The van der Waals surface area contributed by atoms with Crippen LogP contribution in [-0.2, 0) is 9.84 Å². The quantitative estimate of drug-likeness (QED) is 0.610. The van der Waals surface area contributed by atoms with Crippen molar-refractivity contribution in [1.82, 2.24) is 0 Å². The second-order valence-electron chi connectivity index (χ2n) is 3.95. The predicted octanol–water partition coefficient (Wildman–Crippen LogP) is 1.09. The van der Waals surface area contributed by atoms with Gasteiger partial charge in [-0.3, -0.25) is 0 Å². The molecule has 0 aliphatic heterocycles. The molecule has 0 heterocycles. The van der Waals surface area contributed by atoms with Crippen LogP contribution in [0.25, 0.3) is 0 Å². The summed E-state index contributed by atoms with van der Waals surface area (Å²) in [6.07, 6.45) is 0. The molecule has 0 fully saturated rings. The zero-order chi connectivity index (χ0) is 14.2. The lowest BCUT2D eigenvalue weighted by Crippen LogP contribution is -2.08. The number of aromatic hydroxyl groups is 2. The predicted molar refractivity (Wildman–Crippen MR) is 70.5 cm³/mol. The van der Waals surface area contributed by atoms with Gasteiger partial charge in [0.2, 0.25) is 9.84 Å². The Kier molecular flexibility index (Phi) is 2.99. The van der Waals surface area contributed by atoms with Gasteiger partial charge in [0.25, 0.3) is 0 Å². The Bertz CT molecular complexity index is 701. The summed E-state index contributed by atoms with van der Waals surface area (Å²) in [6, 6.07) is 7.40. The molecule has 0 aliphatic rings. The Morgan fingerprint density at radius 2 is 1.37 bits per heavy atom. The number of sulfone groups is 1. The van der Waals surface area contributed by atoms with Crippen molar-refractivity contribution in [2.24, 2.45) is 0 Å². The van der Waals surface area contributed by atoms with E-state index in [2.05, 4.69) is 0 Å². The van der Waals surface area contributed by atoms with E-state index in [-0.39, 0.29) is 32.7 Å². The molecule has 6 nitrogen and oxygen atoms in total. The van der Waals surface area contributed by atoms with E-state index in [1.807, 2.05) is 0 Å². The summed E-state index contributed by atoms with van der Waals surface area (Å²) in [5, 5.41) is 18.7. The van der Waals surface area contributed by atoms with Crippen LogP contribution in [0.15, 0.2) is 46.2 Å². The van der Waals surface area contributed by atoms with Crippen LogP contribution in [-0.4, -0.2) is 18.6 Å². The first-order valence-corrected chi connectivity index (χ1v) is 6.73. The second-order valence-corrected chi connectivity index (χ2v) is 5.84. The first-order chi connectivity index (χ1) is 8.82. The van der Waals surface area contributed by atoms with E-state index in [0.717, 1.165) is 18.2 Å². The number of nitrogens with two attached hydrogens (primary N) is 2. The van der Waals surface area contributed by atoms with Crippen molar-refractivity contribution in [2.45, 2.75) is 9.79 Å². The first kappa shape index (κ1) is 13.0. The number of anilines is 2. The van der Waals surface area contributed by atoms with Gasteiger partial charge in [0.05, 0.1) is 16.3 Å². The third kappa shape index (κ3) is 2.27. The molecule has 0 aromatic heterocycles. The molecule has 2 aromatic carbocycles. The Hall–Kier alpha value is -2.41. The minimum atomic E-state index is -4.02. The van der Waals surface area contributed by atoms with E-state index < -0.39 is 9.84 Å². The molecule has 0 saturated heterocycles. The van der Waals surface area contributed by atoms with Gasteiger partial charge in [0.1, 0.15) is 16.4 Å². The number of rotatable bonds is 2. The lowest BCUT2D eigenvalue weighted by atomic mass is 10.3. The summed E-state index contributed by atoms with van der Waals surface area (Å²) in [7, 11) is -4.02. The normalized spacial score (nSPS) is 11.4. The van der Waals surface area contributed by atoms with Gasteiger partial charge in [-0.1, -0.05) is 6.07 Å². The summed E-state index contributed by atoms with van der Waals surface area (Å²) in [5.41, 5.74) is 11.3. The molecule has 2 rings (SSSR count). The smallest absolute Gasteiger partial charge is 0.210 e. The fourth-order valence-corrected chi connectivity index (χ4v) is 3.27. The maximum absolute atomic E-state index is 12.4. The molecule has 7 heteroatoms. The van der Waals surface area contributed by atoms with Crippen LogP contribution in [0, 0.1) is 0 Å². The Morgan fingerprint density at radius 1 is 0.895 bits per heavy atom. The van der Waals surface area contributed by atoms with Crippen molar-refractivity contribution in [3.8, 4) is 11.5 Å². The largest absolute Gasteiger partial charge is 0.508 e. The summed E-state index contributed by atoms with van der Waals surface area (Å²) < 4.78 is 24.8. The van der Waals surface area contributed by atoms with Gasteiger partial charge < -0.3 is 21.7 Å². The molecule has 0 amide bonds. The number of phenols is 2. The van der Waals surface area contributed by atoms with Crippen LogP contribution in [0.2, 0.25) is 0 Å². The van der Waals surface area contributed by atoms with E-state index >= 15 is 0 Å². The topological polar surface area (TPSA) is 127 Å². The Balaban J connectivity index is 2.73. The van der Waals surface area contributed by atoms with E-state index in [9.17, 15) is 18.6 Å². The lowest BCUT2D eigenvalue weighted by Gasteiger charge is -2.10. The number of hydrogen-bond donors (Lipinski definition) is 4. The molecular weight excluding hydrogens is 268 g/mol. The first-order valence-electron chi connectivity index (χ1n) is 5.24. The minimum Gasteiger partial charge on any atom is -0.508 e. The standard InChI is InChI=1S/C12H12N2O4S/c13-10-2-1-3-11(14)12(10)19(17,18)9-5-7(15)4-8(16)6-9/h1-6,15-16H,13-14H2. The second kappa shape index (κ2) is 4.36. The van der Waals surface area contributed by atoms with Gasteiger partial charge in [0.15, 0.2) is 0 Å². The van der Waals surface area contributed by atoms with E-state index in [0.29, 0.717) is 0 Å². The Labute approximate surface area is 109 Å². The molecule has 0 atom stereocenters. The highest BCUT2D eigenvalue weighted by molar-refractivity contribution is 7.91. The number of benzene rings is 2. The summed E-state index contributed by atoms with van der Waals surface area (Å²) in [6.45, 7) is 0. The van der Waals surface area contributed by atoms with Crippen LogP contribution in [0.3, 0.4) is 0 Å². The van der Waals surface area contributed by atoms with Gasteiger partial charge in [0, 0.05) is 6.07 Å². The van der Waals surface area contributed by atoms with Crippen molar-refractivity contribution in [1.29, 1.82) is 0 Å². The molecule has 6 N–H and O–H groups in total. The molecule has 0 aliphatic carbocycles. The van der Waals surface area contributed by atoms with E-state index in [1.165, 1.54) is 18.2 Å². The maximum Gasteiger partial charge on any atom is 0.210 e. The Morgan fingerprint density at radius 3 is 1.84 bits per heavy atom. The molecule has 2 aromatic rings. The fraction of sp³-hybridized carbons (Fsp3) is 0. The highest BCUT2D eigenvalue weighted by Crippen LogP contribution is 2.33. The minimum absolute atomic E-state index is 0.00262. The molecule has 19 heavy (non-hydrogen) atoms. The summed E-state index contributed by atoms with van der Waals surface area (Å²) in [4.78, 5) is -0.519. The van der Waals surface area contributed by atoms with Crippen LogP contribution < -0.4 is 11.5 Å². The van der Waals surface area contributed by atoms with Gasteiger partial charge in [-0.05, 0) is 24.3 Å². The molecular formula is C12H12N2O4S. The van der Waals surface area contributed by atoms with Crippen molar-refractivity contribution < 1.29 is 18.6 Å². The molecule has 0 saturated carbocycles. The third-order valence-electron chi connectivity index (χ3n) is 2.53. The van der Waals surface area contributed by atoms with Crippen molar-refractivity contribution in [2.75, 3.05) is 11.5 Å². The lowest BCUT2D eigenvalue weighted by molar-refractivity contribution is 0.447. The molecule has 100 valence electrons. The zero-order valence-electron chi connectivity index (χ0n) is 9.74. The molecule has 0 unspecified atom stereocenters. The molecule has 0 spiro atoms. The average molecular weight is 280 g/mol. The average Bonchev–Trinajstić information content (AvgIpc) is 2.26. The van der Waals surface area contributed by atoms with Gasteiger partial charge >= 0.3 is 0 Å². The van der Waals surface area contributed by atoms with Crippen LogP contribution in [0.1, 0.15) is 0 Å². The number of nitrogen functional groups attached to an aromatic ring is 2. The number of phenolic OH excluding ortho intramolecular Hbond substituents is 2. The van der Waals surface area contributed by atoms with E-state index in [1.54, 1.807) is 0 Å². The SMILES string of the molecule is Nc1cccc(N)c1S(=O)(=O)c1cc(O)cc(O)c1. The zero-order valence-corrected chi connectivity index (χ0v) is 10.6. The van der Waals surface area contributed by atoms with Crippen molar-refractivity contribution in [3.05, 3.63) is 36.4 Å². The number of hydrogen-bond acceptors (Lipinski definition) is 6. The maximum atomic E-state index is 12.4. The third-order valence-corrected chi connectivity index (χ3v) is 4.40. The van der Waals surface area contributed by atoms with Crippen LogP contribution >= 0.6 is 0 Å². The highest BCUT2D eigenvalue weighted by Gasteiger charge is 2.24. The molecule has 0 bridgehead atoms. The van der Waals surface area contributed by atoms with Crippen LogP contribution in [0.4, 0.5) is 11.4 Å². The van der Waals surface area contributed by atoms with Gasteiger partial charge in [-0.15, -0.1) is 0 Å². The monoisotopic (exact) mass is 280 g/mol. The van der Waals surface area contributed by atoms with Crippen LogP contribution in [0.5, 0.6) is 11.5 Å². The summed E-state index contributed by atoms with van der Waals surface area (Å²) >= 11 is 0. The summed E-state index contributed by atoms with van der Waals surface area (Å²) in [5.74, 6) is -0.738. The highest BCUT2D eigenvalue weighted by atomic mass is 32.2. The molecule has 0 radical (unpaired) electrons. The van der Waals surface area contributed by atoms with E-state index in [4.69, 9.17) is 11.5 Å².